The van der Waals surface area contributed by atoms with Gasteiger partial charge in [-0.1, -0.05) is 6.07 Å². The van der Waals surface area contributed by atoms with Gasteiger partial charge in [0.25, 0.3) is 0 Å². The van der Waals surface area contributed by atoms with Crippen LogP contribution in [0.5, 0.6) is 0 Å². The molecular formula is C28H40N6O8S. The number of carbonyl (C=O) groups is 2. The van der Waals surface area contributed by atoms with E-state index in [0.29, 0.717) is 114 Å². The summed E-state index contributed by atoms with van der Waals surface area (Å²) in [5.74, 6) is -2.18. The number of carboxylic acids is 2. The van der Waals surface area contributed by atoms with Crippen molar-refractivity contribution < 1.29 is 38.7 Å². The molecule has 1 saturated heterocycles. The second-order valence-corrected chi connectivity index (χ2v) is 9.97. The quantitative estimate of drug-likeness (QED) is 0.325. The van der Waals surface area contributed by atoms with Crippen LogP contribution >= 0.6 is 12.2 Å². The molecule has 0 unspecified atom stereocenters. The fraction of sp³-hybridized carbons (Fsp3) is 0.536. The van der Waals surface area contributed by atoms with Gasteiger partial charge in [-0.15, -0.1) is 0 Å². The molecule has 0 saturated carbocycles. The van der Waals surface area contributed by atoms with Gasteiger partial charge in [-0.25, -0.2) is 19.6 Å². The predicted octanol–water partition coefficient (Wildman–Crippen LogP) is 1.17. The molecule has 2 aromatic heterocycles. The number of hydrogen-bond acceptors (Lipinski definition) is 11. The van der Waals surface area contributed by atoms with E-state index in [1.165, 1.54) is 12.1 Å². The molecule has 0 radical (unpaired) electrons. The van der Waals surface area contributed by atoms with Gasteiger partial charge in [0.15, 0.2) is 10.8 Å². The maximum absolute atomic E-state index is 11.7. The molecule has 4 N–H and O–H groups in total. The monoisotopic (exact) mass is 620 g/mol. The molecule has 15 heteroatoms. The first-order valence-electron chi connectivity index (χ1n) is 14.0. The molecule has 43 heavy (non-hydrogen) atoms. The molecule has 0 amide bonds. The van der Waals surface area contributed by atoms with E-state index in [0.717, 1.165) is 0 Å². The third kappa shape index (κ3) is 13.3. The number of pyridine rings is 2. The first-order valence-corrected chi connectivity index (χ1v) is 14.4. The van der Waals surface area contributed by atoms with Gasteiger partial charge in [-0.3, -0.25) is 9.80 Å². The number of anilines is 1. The minimum atomic E-state index is -1.13. The SMILES string of the molecule is CNC(=S)Nc1cc(CN2CCOCCOCCN(Cc3cccc(C(=O)O)n3)CCOCCOCC2)nc(C(=O)O)c1. The average molecular weight is 621 g/mol. The van der Waals surface area contributed by atoms with Crippen molar-refractivity contribution in [2.45, 2.75) is 13.1 Å². The van der Waals surface area contributed by atoms with Crippen LogP contribution in [0.4, 0.5) is 5.69 Å². The summed E-state index contributed by atoms with van der Waals surface area (Å²) in [4.78, 5) is 35.7. The molecule has 1 aliphatic heterocycles. The van der Waals surface area contributed by atoms with Crippen molar-refractivity contribution in [3.05, 3.63) is 53.1 Å². The number of ether oxygens (including phenoxy) is 4. The number of aromatic carboxylic acids is 2. The first-order chi connectivity index (χ1) is 20.8. The number of rotatable bonds is 7. The number of nitrogens with one attached hydrogen (secondary N) is 2. The zero-order valence-electron chi connectivity index (χ0n) is 24.3. The van der Waals surface area contributed by atoms with Crippen LogP contribution in [-0.4, -0.2) is 133 Å². The van der Waals surface area contributed by atoms with Crippen LogP contribution in [0.3, 0.4) is 0 Å². The van der Waals surface area contributed by atoms with Gasteiger partial charge in [-0.05, 0) is 36.5 Å². The third-order valence-electron chi connectivity index (χ3n) is 6.33. The Morgan fingerprint density at radius 3 is 1.74 bits per heavy atom. The van der Waals surface area contributed by atoms with E-state index in [2.05, 4.69) is 30.4 Å². The summed E-state index contributed by atoms with van der Waals surface area (Å²) >= 11 is 5.16. The summed E-state index contributed by atoms with van der Waals surface area (Å²) in [6.45, 7) is 6.74. The highest BCUT2D eigenvalue weighted by atomic mass is 32.1. The van der Waals surface area contributed by atoms with Gasteiger partial charge >= 0.3 is 11.9 Å². The highest BCUT2D eigenvalue weighted by molar-refractivity contribution is 7.80. The number of carboxylic acid groups (broad SMARTS) is 2. The van der Waals surface area contributed by atoms with Gasteiger partial charge < -0.3 is 39.8 Å². The van der Waals surface area contributed by atoms with Crippen LogP contribution in [0.2, 0.25) is 0 Å². The first kappa shape index (κ1) is 34.2. The lowest BCUT2D eigenvalue weighted by molar-refractivity contribution is 0.00597. The topological polar surface area (TPSA) is 168 Å². The van der Waals surface area contributed by atoms with Crippen LogP contribution in [0, 0.1) is 0 Å². The number of aromatic nitrogens is 2. The molecule has 0 atom stereocenters. The summed E-state index contributed by atoms with van der Waals surface area (Å²) < 4.78 is 23.2. The maximum Gasteiger partial charge on any atom is 0.354 e. The van der Waals surface area contributed by atoms with Crippen molar-refractivity contribution in [1.82, 2.24) is 25.1 Å². The highest BCUT2D eigenvalue weighted by Gasteiger charge is 2.14. The van der Waals surface area contributed by atoms with Gasteiger partial charge in [0.1, 0.15) is 5.69 Å². The smallest absolute Gasteiger partial charge is 0.354 e. The molecule has 2 aromatic rings. The van der Waals surface area contributed by atoms with Crippen molar-refractivity contribution in [3.8, 4) is 0 Å². The van der Waals surface area contributed by atoms with Crippen LogP contribution in [0.1, 0.15) is 32.4 Å². The zero-order valence-corrected chi connectivity index (χ0v) is 25.1. The molecule has 0 aliphatic carbocycles. The molecule has 1 fully saturated rings. The third-order valence-corrected chi connectivity index (χ3v) is 6.64. The summed E-state index contributed by atoms with van der Waals surface area (Å²) in [5.41, 5.74) is 1.71. The Hall–Kier alpha value is -3.31. The molecular weight excluding hydrogens is 580 g/mol. The Balaban J connectivity index is 1.54. The predicted molar refractivity (Wildman–Crippen MR) is 162 cm³/mol. The van der Waals surface area contributed by atoms with Crippen molar-refractivity contribution in [1.29, 1.82) is 0 Å². The zero-order chi connectivity index (χ0) is 30.9. The second-order valence-electron chi connectivity index (χ2n) is 9.56. The van der Waals surface area contributed by atoms with Crippen LogP contribution in [-0.2, 0) is 32.0 Å². The lowest BCUT2D eigenvalue weighted by Crippen LogP contribution is -2.33. The fourth-order valence-electron chi connectivity index (χ4n) is 4.15. The lowest BCUT2D eigenvalue weighted by Gasteiger charge is -2.23. The fourth-order valence-corrected chi connectivity index (χ4v) is 4.27. The molecule has 14 nitrogen and oxygen atoms in total. The standard InChI is InChI=1S/C28H40N6O8S/c1-29-28(43)32-22-17-23(31-25(18-22)27(37)38)20-34-7-11-41-15-13-39-9-5-33(6-10-40-14-16-42-12-8-34)19-21-3-2-4-24(30-21)26(35)36/h2-4,17-18H,5-16,19-20H2,1H3,(H,35,36)(H,37,38)(H2,29,31,32,43). The maximum atomic E-state index is 11.7. The lowest BCUT2D eigenvalue weighted by atomic mass is 10.2. The highest BCUT2D eigenvalue weighted by Crippen LogP contribution is 2.14. The number of hydrogen-bond donors (Lipinski definition) is 4. The van der Waals surface area contributed by atoms with E-state index in [1.807, 2.05) is 0 Å². The summed E-state index contributed by atoms with van der Waals surface area (Å²) in [5, 5.41) is 24.9. The Morgan fingerprint density at radius 2 is 1.26 bits per heavy atom. The van der Waals surface area contributed by atoms with Crippen molar-refractivity contribution in [3.63, 3.8) is 0 Å². The van der Waals surface area contributed by atoms with Crippen LogP contribution in [0.15, 0.2) is 30.3 Å². The molecule has 3 heterocycles. The van der Waals surface area contributed by atoms with Crippen LogP contribution < -0.4 is 10.6 Å². The van der Waals surface area contributed by atoms with Gasteiger partial charge in [0.05, 0.1) is 64.2 Å². The summed E-state index contributed by atoms with van der Waals surface area (Å²) in [7, 11) is 1.68. The molecule has 1 aliphatic rings. The number of thiocarbonyl (C=S) groups is 1. The summed E-state index contributed by atoms with van der Waals surface area (Å²) in [6, 6.07) is 8.18. The van der Waals surface area contributed by atoms with E-state index in [1.54, 1.807) is 25.2 Å². The molecule has 0 aromatic carbocycles. The van der Waals surface area contributed by atoms with Gasteiger partial charge in [-0.2, -0.15) is 0 Å². The molecule has 0 bridgehead atoms. The Morgan fingerprint density at radius 1 is 0.767 bits per heavy atom. The van der Waals surface area contributed by atoms with Crippen molar-refractivity contribution in [2.75, 3.05) is 91.4 Å². The van der Waals surface area contributed by atoms with E-state index in [4.69, 9.17) is 31.2 Å². The summed E-state index contributed by atoms with van der Waals surface area (Å²) in [6.07, 6.45) is 0. The van der Waals surface area contributed by atoms with E-state index in [-0.39, 0.29) is 11.4 Å². The minimum absolute atomic E-state index is 0.0141. The van der Waals surface area contributed by atoms with Crippen molar-refractivity contribution in [2.24, 2.45) is 0 Å². The van der Waals surface area contributed by atoms with E-state index < -0.39 is 11.9 Å². The number of nitrogens with zero attached hydrogens (tertiary/aromatic N) is 4. The molecule has 0 spiro atoms. The minimum Gasteiger partial charge on any atom is -0.477 e. The Kier molecular flexibility index (Phi) is 15.2. The Bertz CT molecular complexity index is 1170. The molecule has 236 valence electrons. The van der Waals surface area contributed by atoms with Gasteiger partial charge in [0.2, 0.25) is 0 Å². The Labute approximate surface area is 256 Å². The van der Waals surface area contributed by atoms with E-state index >= 15 is 0 Å². The normalized spacial score (nSPS) is 17.3. The van der Waals surface area contributed by atoms with Gasteiger partial charge in [0, 0.05) is 52.0 Å². The largest absolute Gasteiger partial charge is 0.477 e. The van der Waals surface area contributed by atoms with E-state index in [9.17, 15) is 19.8 Å². The van der Waals surface area contributed by atoms with Crippen molar-refractivity contribution >= 4 is 35.0 Å². The average Bonchev–Trinajstić information content (AvgIpc) is 2.98. The molecule has 3 rings (SSSR count). The second kappa shape index (κ2) is 19.1. The van der Waals surface area contributed by atoms with Crippen LogP contribution in [0.25, 0.3) is 0 Å².